The fourth-order valence-corrected chi connectivity index (χ4v) is 6.97. The Morgan fingerprint density at radius 1 is 0.976 bits per heavy atom. The van der Waals surface area contributed by atoms with Gasteiger partial charge in [-0.3, -0.25) is 4.79 Å². The monoisotopic (exact) mass is 686 g/mol. The predicted molar refractivity (Wildman–Crippen MR) is 176 cm³/mol. The third kappa shape index (κ3) is 5.88. The highest BCUT2D eigenvalue weighted by Crippen LogP contribution is 2.32. The van der Waals surface area contributed by atoms with Crippen molar-refractivity contribution >= 4 is 49.0 Å². The van der Waals surface area contributed by atoms with Crippen molar-refractivity contribution in [2.45, 2.75) is 58.5 Å². The summed E-state index contributed by atoms with van der Waals surface area (Å²) in [6.45, 7) is 4.63. The summed E-state index contributed by atoms with van der Waals surface area (Å²) in [7, 11) is 0. The summed E-state index contributed by atoms with van der Waals surface area (Å²) in [6.07, 6.45) is 7.42. The Labute approximate surface area is 262 Å². The topological polar surface area (TPSA) is 61.4 Å². The fourth-order valence-electron chi connectivity index (χ4n) is 5.80. The van der Waals surface area contributed by atoms with Crippen LogP contribution in [-0.4, -0.2) is 20.4 Å². The summed E-state index contributed by atoms with van der Waals surface area (Å²) in [5.41, 5.74) is 5.83. The van der Waals surface area contributed by atoms with Gasteiger partial charge in [-0.15, -0.1) is 0 Å². The number of benzene rings is 3. The second kappa shape index (κ2) is 12.4. The molecular formula is C34H32Br2N4O2. The third-order valence-electron chi connectivity index (χ3n) is 8.04. The highest BCUT2D eigenvalue weighted by Gasteiger charge is 2.22. The first-order valence-electron chi connectivity index (χ1n) is 14.3. The first-order chi connectivity index (χ1) is 20.4. The average Bonchev–Trinajstić information content (AvgIpc) is 3.29. The number of hydrogen-bond donors (Lipinski definition) is 0. The van der Waals surface area contributed by atoms with Gasteiger partial charge >= 0.3 is 0 Å². The maximum absolute atomic E-state index is 13.6. The van der Waals surface area contributed by atoms with Crippen molar-refractivity contribution in [2.75, 3.05) is 0 Å². The Hall–Kier alpha value is -3.49. The molecule has 3 aromatic carbocycles. The number of halogens is 2. The molecule has 0 aliphatic heterocycles. The Morgan fingerprint density at radius 2 is 1.74 bits per heavy atom. The summed E-state index contributed by atoms with van der Waals surface area (Å²) in [4.78, 5) is 18.5. The van der Waals surface area contributed by atoms with E-state index in [1.54, 1.807) is 10.9 Å². The summed E-state index contributed by atoms with van der Waals surface area (Å²) >= 11 is 7.09. The molecule has 0 saturated heterocycles. The zero-order valence-electron chi connectivity index (χ0n) is 23.7. The number of ether oxygens (including phenoxy) is 1. The van der Waals surface area contributed by atoms with Crippen LogP contribution in [0.4, 0.5) is 0 Å². The summed E-state index contributed by atoms with van der Waals surface area (Å²) in [5, 5.41) is 5.36. The van der Waals surface area contributed by atoms with E-state index >= 15 is 0 Å². The molecule has 1 fully saturated rings. The minimum absolute atomic E-state index is 0.114. The van der Waals surface area contributed by atoms with Crippen molar-refractivity contribution in [2.24, 2.45) is 5.10 Å². The highest BCUT2D eigenvalue weighted by molar-refractivity contribution is 9.11. The molecule has 214 valence electrons. The molecule has 6 nitrogen and oxygen atoms in total. The third-order valence-corrected chi connectivity index (χ3v) is 9.27. The molecule has 0 bridgehead atoms. The molecule has 5 aromatic rings. The van der Waals surface area contributed by atoms with Crippen molar-refractivity contribution in [1.82, 2.24) is 14.2 Å². The van der Waals surface area contributed by atoms with Gasteiger partial charge in [0, 0.05) is 43.1 Å². The SMILES string of the molecule is Cc1cc(C=Nn2c(C3CCCCC3)nc3ccccc3c2=O)c(C)n1-c1ccc(OCc2ccc(Br)cc2Br)cc1. The van der Waals surface area contributed by atoms with Crippen LogP contribution in [0.1, 0.15) is 66.4 Å². The van der Waals surface area contributed by atoms with Gasteiger partial charge in [0.05, 0.1) is 17.1 Å². The van der Waals surface area contributed by atoms with Gasteiger partial charge in [-0.2, -0.15) is 9.78 Å². The van der Waals surface area contributed by atoms with E-state index in [0.717, 1.165) is 79.9 Å². The lowest BCUT2D eigenvalue weighted by atomic mass is 9.88. The smallest absolute Gasteiger partial charge is 0.282 e. The Kier molecular flexibility index (Phi) is 8.45. The normalized spacial score (nSPS) is 14.2. The van der Waals surface area contributed by atoms with Gasteiger partial charge in [0.1, 0.15) is 18.2 Å². The maximum Gasteiger partial charge on any atom is 0.282 e. The number of aromatic nitrogens is 3. The van der Waals surface area contributed by atoms with Gasteiger partial charge in [0.2, 0.25) is 0 Å². The lowest BCUT2D eigenvalue weighted by molar-refractivity contribution is 0.305. The fraction of sp³-hybridized carbons (Fsp3) is 0.265. The van der Waals surface area contributed by atoms with Crippen molar-refractivity contribution in [3.05, 3.63) is 120 Å². The van der Waals surface area contributed by atoms with Crippen LogP contribution < -0.4 is 10.3 Å². The van der Waals surface area contributed by atoms with Crippen molar-refractivity contribution in [3.8, 4) is 11.4 Å². The van der Waals surface area contributed by atoms with E-state index in [9.17, 15) is 4.79 Å². The minimum atomic E-state index is -0.114. The lowest BCUT2D eigenvalue weighted by Crippen LogP contribution is -2.25. The molecule has 0 atom stereocenters. The lowest BCUT2D eigenvalue weighted by Gasteiger charge is -2.22. The number of aryl methyl sites for hydroxylation is 1. The highest BCUT2D eigenvalue weighted by atomic mass is 79.9. The number of para-hydroxylation sites is 1. The first kappa shape index (κ1) is 28.6. The second-order valence-corrected chi connectivity index (χ2v) is 12.6. The van der Waals surface area contributed by atoms with E-state index in [0.29, 0.717) is 12.0 Å². The molecular weight excluding hydrogens is 656 g/mol. The standard InChI is InChI=1S/C34H32Br2N4O2/c1-22-18-26(20-37-40-33(24-8-4-3-5-9-24)38-32-11-7-6-10-30(32)34(40)41)23(2)39(22)28-14-16-29(17-15-28)42-21-25-12-13-27(35)19-31(25)36/h6-7,10-20,24H,3-5,8-9,21H2,1-2H3. The van der Waals surface area contributed by atoms with E-state index in [4.69, 9.17) is 14.8 Å². The quantitative estimate of drug-likeness (QED) is 0.161. The number of rotatable bonds is 7. The second-order valence-electron chi connectivity index (χ2n) is 10.9. The molecule has 1 aliphatic rings. The van der Waals surface area contributed by atoms with Crippen LogP contribution in [0.3, 0.4) is 0 Å². The Balaban J connectivity index is 1.27. The molecule has 0 amide bonds. The zero-order valence-corrected chi connectivity index (χ0v) is 26.9. The van der Waals surface area contributed by atoms with Crippen LogP contribution in [0.2, 0.25) is 0 Å². The summed E-state index contributed by atoms with van der Waals surface area (Å²) in [5.74, 6) is 1.82. The Morgan fingerprint density at radius 3 is 2.50 bits per heavy atom. The van der Waals surface area contributed by atoms with Crippen LogP contribution >= 0.6 is 31.9 Å². The average molecular weight is 688 g/mol. The summed E-state index contributed by atoms with van der Waals surface area (Å²) in [6, 6.07) is 23.8. The van der Waals surface area contributed by atoms with Gasteiger partial charge in [0.25, 0.3) is 5.56 Å². The van der Waals surface area contributed by atoms with Crippen LogP contribution in [0.25, 0.3) is 16.6 Å². The van der Waals surface area contributed by atoms with E-state index in [1.165, 1.54) is 6.42 Å². The number of nitrogens with zero attached hydrogens (tertiary/aromatic N) is 4. The summed E-state index contributed by atoms with van der Waals surface area (Å²) < 4.78 is 11.8. The molecule has 8 heteroatoms. The molecule has 0 radical (unpaired) electrons. The van der Waals surface area contributed by atoms with E-state index in [-0.39, 0.29) is 11.5 Å². The van der Waals surface area contributed by atoms with Crippen LogP contribution in [0.5, 0.6) is 5.75 Å². The van der Waals surface area contributed by atoms with Crippen LogP contribution in [0.15, 0.2) is 91.6 Å². The van der Waals surface area contributed by atoms with E-state index < -0.39 is 0 Å². The molecule has 2 heterocycles. The van der Waals surface area contributed by atoms with Crippen LogP contribution in [-0.2, 0) is 6.61 Å². The van der Waals surface area contributed by atoms with E-state index in [2.05, 4.69) is 68.5 Å². The molecule has 42 heavy (non-hydrogen) atoms. The predicted octanol–water partition coefficient (Wildman–Crippen LogP) is 8.84. The van der Waals surface area contributed by atoms with E-state index in [1.807, 2.05) is 54.6 Å². The van der Waals surface area contributed by atoms with Crippen LogP contribution in [0, 0.1) is 13.8 Å². The van der Waals surface area contributed by atoms with Gasteiger partial charge in [-0.1, -0.05) is 69.3 Å². The first-order valence-corrected chi connectivity index (χ1v) is 15.9. The van der Waals surface area contributed by atoms with Gasteiger partial charge in [-0.05, 0) is 81.3 Å². The molecule has 2 aromatic heterocycles. The molecule has 0 spiro atoms. The number of hydrogen-bond acceptors (Lipinski definition) is 4. The van der Waals surface area contributed by atoms with Gasteiger partial charge in [0.15, 0.2) is 0 Å². The zero-order chi connectivity index (χ0) is 29.2. The molecule has 1 saturated carbocycles. The van der Waals surface area contributed by atoms with Crippen molar-refractivity contribution in [3.63, 3.8) is 0 Å². The minimum Gasteiger partial charge on any atom is -0.489 e. The molecule has 0 N–H and O–H groups in total. The maximum atomic E-state index is 13.6. The molecule has 6 rings (SSSR count). The van der Waals surface area contributed by atoms with Crippen molar-refractivity contribution in [1.29, 1.82) is 0 Å². The van der Waals surface area contributed by atoms with Gasteiger partial charge < -0.3 is 9.30 Å². The number of fused-ring (bicyclic) bond motifs is 1. The molecule has 0 unspecified atom stereocenters. The molecule has 1 aliphatic carbocycles. The largest absolute Gasteiger partial charge is 0.489 e. The van der Waals surface area contributed by atoms with Crippen molar-refractivity contribution < 1.29 is 4.74 Å². The Bertz CT molecular complexity index is 1830. The van der Waals surface area contributed by atoms with Gasteiger partial charge in [-0.25, -0.2) is 4.98 Å².